The zero-order chi connectivity index (χ0) is 15.0. The number of rotatable bonds is 3. The van der Waals surface area contributed by atoms with Gasteiger partial charge in [0.25, 0.3) is 0 Å². The molecule has 0 spiro atoms. The van der Waals surface area contributed by atoms with Gasteiger partial charge in [-0.15, -0.1) is 0 Å². The molecule has 0 amide bonds. The fourth-order valence-electron chi connectivity index (χ4n) is 2.60. The molecule has 21 heavy (non-hydrogen) atoms. The largest absolute Gasteiger partial charge is 0.461 e. The van der Waals surface area contributed by atoms with Crippen LogP contribution in [0, 0.1) is 0 Å². The highest BCUT2D eigenvalue weighted by Crippen LogP contribution is 2.34. The summed E-state index contributed by atoms with van der Waals surface area (Å²) in [5, 5.41) is 5.06. The lowest BCUT2D eigenvalue weighted by Gasteiger charge is -2.16. The molecule has 2 heterocycles. The molecule has 0 aromatic carbocycles. The molecule has 7 heteroatoms. The zero-order valence-electron chi connectivity index (χ0n) is 12.2. The Kier molecular flexibility index (Phi) is 3.67. The molecule has 0 atom stereocenters. The van der Waals surface area contributed by atoms with Crippen molar-refractivity contribution in [1.82, 2.24) is 19.7 Å². The lowest BCUT2D eigenvalue weighted by atomic mass is 9.93. The highest BCUT2D eigenvalue weighted by atomic mass is 32.2. The fourth-order valence-corrected chi connectivity index (χ4v) is 2.94. The molecular weight excluding hydrogens is 288 g/mol. The summed E-state index contributed by atoms with van der Waals surface area (Å²) in [6.45, 7) is 2.14. The fraction of sp³-hybridized carbons (Fsp3) is 0.429. The molecule has 0 saturated carbocycles. The lowest BCUT2D eigenvalue weighted by molar-refractivity contribution is 0.0517. The van der Waals surface area contributed by atoms with Crippen molar-refractivity contribution in [3.63, 3.8) is 0 Å². The van der Waals surface area contributed by atoms with Crippen molar-refractivity contribution in [2.45, 2.75) is 24.9 Å². The highest BCUT2D eigenvalue weighted by molar-refractivity contribution is 7.98. The van der Waals surface area contributed by atoms with Crippen molar-refractivity contribution in [3.8, 4) is 11.4 Å². The Morgan fingerprint density at radius 1 is 1.48 bits per heavy atom. The maximum absolute atomic E-state index is 12.0. The number of esters is 1. The van der Waals surface area contributed by atoms with Crippen LogP contribution >= 0.6 is 11.8 Å². The summed E-state index contributed by atoms with van der Waals surface area (Å²) < 4.78 is 6.81. The van der Waals surface area contributed by atoms with Gasteiger partial charge in [0.15, 0.2) is 10.9 Å². The average molecular weight is 304 g/mol. The second-order valence-electron chi connectivity index (χ2n) is 4.75. The van der Waals surface area contributed by atoms with E-state index in [-0.39, 0.29) is 5.97 Å². The van der Waals surface area contributed by atoms with Gasteiger partial charge in [-0.05, 0) is 31.6 Å². The number of carbonyl (C=O) groups excluding carboxylic acids is 1. The number of nitrogens with zero attached hydrogens (tertiary/aromatic N) is 4. The lowest BCUT2D eigenvalue weighted by Crippen LogP contribution is -2.12. The Hall–Kier alpha value is -1.89. The van der Waals surface area contributed by atoms with Gasteiger partial charge in [-0.3, -0.25) is 4.68 Å². The van der Waals surface area contributed by atoms with Gasteiger partial charge >= 0.3 is 5.97 Å². The Bertz CT molecular complexity index is 711. The van der Waals surface area contributed by atoms with Crippen molar-refractivity contribution in [3.05, 3.63) is 23.0 Å². The molecule has 0 saturated heterocycles. The predicted octanol–water partition coefficient (Wildman–Crippen LogP) is 1.87. The first kappa shape index (κ1) is 14.1. The predicted molar refractivity (Wildman–Crippen MR) is 79.4 cm³/mol. The van der Waals surface area contributed by atoms with Crippen LogP contribution in [0.4, 0.5) is 0 Å². The van der Waals surface area contributed by atoms with Crippen LogP contribution in [0.3, 0.4) is 0 Å². The van der Waals surface area contributed by atoms with Gasteiger partial charge in [0.2, 0.25) is 0 Å². The summed E-state index contributed by atoms with van der Waals surface area (Å²) in [4.78, 5) is 20.9. The molecule has 0 N–H and O–H groups in total. The smallest absolute Gasteiger partial charge is 0.359 e. The van der Waals surface area contributed by atoms with Gasteiger partial charge in [0.1, 0.15) is 0 Å². The summed E-state index contributed by atoms with van der Waals surface area (Å²) in [6, 6.07) is 0. The van der Waals surface area contributed by atoms with Crippen molar-refractivity contribution in [1.29, 1.82) is 0 Å². The number of hydrogen-bond acceptors (Lipinski definition) is 6. The van der Waals surface area contributed by atoms with Crippen molar-refractivity contribution >= 4 is 17.7 Å². The quantitative estimate of drug-likeness (QED) is 0.490. The van der Waals surface area contributed by atoms with Gasteiger partial charge in [-0.1, -0.05) is 11.8 Å². The van der Waals surface area contributed by atoms with E-state index in [2.05, 4.69) is 15.1 Å². The maximum atomic E-state index is 12.0. The molecule has 2 aromatic heterocycles. The second-order valence-corrected chi connectivity index (χ2v) is 5.52. The van der Waals surface area contributed by atoms with Crippen LogP contribution in [0.25, 0.3) is 11.4 Å². The average Bonchev–Trinajstić information content (AvgIpc) is 2.84. The van der Waals surface area contributed by atoms with Gasteiger partial charge < -0.3 is 4.74 Å². The van der Waals surface area contributed by atoms with E-state index in [9.17, 15) is 4.79 Å². The van der Waals surface area contributed by atoms with Gasteiger partial charge in [0, 0.05) is 18.8 Å². The molecule has 110 valence electrons. The van der Waals surface area contributed by atoms with Crippen molar-refractivity contribution < 1.29 is 9.53 Å². The number of ether oxygens (including phenoxy) is 1. The summed E-state index contributed by atoms with van der Waals surface area (Å²) in [5.41, 5.74) is 4.20. The molecule has 0 fully saturated rings. The van der Waals surface area contributed by atoms with Crippen LogP contribution < -0.4 is 0 Å². The van der Waals surface area contributed by atoms with E-state index in [1.807, 2.05) is 19.5 Å². The molecule has 6 nitrogen and oxygen atoms in total. The van der Waals surface area contributed by atoms with E-state index in [1.54, 1.807) is 11.6 Å². The SMILES string of the molecule is CCOC(=O)c1nn(C)c2c1CCc1cnc(SC)nc1-2. The number of carbonyl (C=O) groups is 1. The monoisotopic (exact) mass is 304 g/mol. The van der Waals surface area contributed by atoms with Crippen LogP contribution in [0.5, 0.6) is 0 Å². The number of aryl methyl sites for hydroxylation is 2. The van der Waals surface area contributed by atoms with Crippen LogP contribution in [-0.4, -0.2) is 38.6 Å². The summed E-state index contributed by atoms with van der Waals surface area (Å²) in [6.07, 6.45) is 5.38. The minimum absolute atomic E-state index is 0.347. The minimum Gasteiger partial charge on any atom is -0.461 e. The van der Waals surface area contributed by atoms with Crippen LogP contribution in [0.15, 0.2) is 11.4 Å². The van der Waals surface area contributed by atoms with E-state index in [0.29, 0.717) is 12.3 Å². The minimum atomic E-state index is -0.364. The van der Waals surface area contributed by atoms with Gasteiger partial charge in [-0.25, -0.2) is 14.8 Å². The molecule has 0 unspecified atom stereocenters. The van der Waals surface area contributed by atoms with E-state index in [1.165, 1.54) is 11.8 Å². The van der Waals surface area contributed by atoms with E-state index in [4.69, 9.17) is 4.74 Å². The molecule has 1 aliphatic rings. The third-order valence-electron chi connectivity index (χ3n) is 3.51. The summed E-state index contributed by atoms with van der Waals surface area (Å²) in [7, 11) is 1.83. The summed E-state index contributed by atoms with van der Waals surface area (Å²) in [5.74, 6) is -0.364. The topological polar surface area (TPSA) is 69.9 Å². The normalized spacial score (nSPS) is 12.7. The van der Waals surface area contributed by atoms with Crippen LogP contribution in [0.2, 0.25) is 0 Å². The molecule has 0 aliphatic heterocycles. The third kappa shape index (κ3) is 2.31. The standard InChI is InChI=1S/C14H16N4O2S/c1-4-20-13(19)11-9-6-5-8-7-15-14(21-3)16-10(8)12(9)18(2)17-11/h7H,4-6H2,1-3H3. The number of fused-ring (bicyclic) bond motifs is 3. The van der Waals surface area contributed by atoms with E-state index in [0.717, 1.165) is 40.5 Å². The molecule has 1 aliphatic carbocycles. The maximum Gasteiger partial charge on any atom is 0.359 e. The van der Waals surface area contributed by atoms with E-state index >= 15 is 0 Å². The second kappa shape index (κ2) is 5.48. The Morgan fingerprint density at radius 2 is 2.29 bits per heavy atom. The first-order chi connectivity index (χ1) is 10.2. The molecule has 2 aromatic rings. The molecule has 3 rings (SSSR count). The van der Waals surface area contributed by atoms with Crippen LogP contribution in [-0.2, 0) is 24.6 Å². The Balaban J connectivity index is 2.14. The number of aromatic nitrogens is 4. The van der Waals surface area contributed by atoms with Crippen LogP contribution in [0.1, 0.15) is 28.5 Å². The van der Waals surface area contributed by atoms with E-state index < -0.39 is 0 Å². The third-order valence-corrected chi connectivity index (χ3v) is 4.07. The van der Waals surface area contributed by atoms with Gasteiger partial charge in [0.05, 0.1) is 18.0 Å². The first-order valence-corrected chi connectivity index (χ1v) is 8.01. The zero-order valence-corrected chi connectivity index (χ0v) is 13.0. The van der Waals surface area contributed by atoms with Crippen molar-refractivity contribution in [2.24, 2.45) is 7.05 Å². The Morgan fingerprint density at radius 3 is 3.00 bits per heavy atom. The number of thioether (sulfide) groups is 1. The summed E-state index contributed by atoms with van der Waals surface area (Å²) >= 11 is 1.50. The molecular formula is C14H16N4O2S. The number of hydrogen-bond donors (Lipinski definition) is 0. The highest BCUT2D eigenvalue weighted by Gasteiger charge is 2.29. The van der Waals surface area contributed by atoms with Gasteiger partial charge in [-0.2, -0.15) is 5.10 Å². The first-order valence-electron chi connectivity index (χ1n) is 6.79. The molecule has 0 radical (unpaired) electrons. The Labute approximate surface area is 126 Å². The molecule has 0 bridgehead atoms. The van der Waals surface area contributed by atoms with Crippen molar-refractivity contribution in [2.75, 3.05) is 12.9 Å².